The zero-order valence-corrected chi connectivity index (χ0v) is 12.3. The third kappa shape index (κ3) is 4.52. The van der Waals surface area contributed by atoms with E-state index < -0.39 is 0 Å². The second-order valence-corrected chi connectivity index (χ2v) is 5.37. The van der Waals surface area contributed by atoms with Crippen LogP contribution in [0.25, 0.3) is 0 Å². The second kappa shape index (κ2) is 7.16. The number of nitrogens with one attached hydrogen (secondary N) is 1. The van der Waals surface area contributed by atoms with Crippen LogP contribution in [-0.4, -0.2) is 51.3 Å². The number of piperidine rings is 1. The molecule has 0 unspecified atom stereocenters. The normalized spacial score (nSPS) is 16.0. The minimum atomic E-state index is -0.00426. The molecule has 21 heavy (non-hydrogen) atoms. The zero-order chi connectivity index (χ0) is 15.2. The number of likely N-dealkylation sites (tertiary alicyclic amines) is 1. The molecule has 3 N–H and O–H groups in total. The van der Waals surface area contributed by atoms with Gasteiger partial charge in [-0.2, -0.15) is 0 Å². The Morgan fingerprint density at radius 3 is 2.71 bits per heavy atom. The second-order valence-electron chi connectivity index (χ2n) is 5.37. The van der Waals surface area contributed by atoms with Gasteiger partial charge >= 0.3 is 0 Å². The van der Waals surface area contributed by atoms with E-state index in [9.17, 15) is 9.59 Å². The van der Waals surface area contributed by atoms with Crippen LogP contribution in [0.4, 0.5) is 0 Å². The predicted octanol–water partition coefficient (Wildman–Crippen LogP) is -0.888. The molecule has 0 radical (unpaired) electrons. The van der Waals surface area contributed by atoms with E-state index in [0.29, 0.717) is 24.7 Å². The highest BCUT2D eigenvalue weighted by molar-refractivity contribution is 5.76. The first-order valence-electron chi connectivity index (χ1n) is 7.19. The van der Waals surface area contributed by atoms with Crippen molar-refractivity contribution in [1.29, 1.82) is 0 Å². The van der Waals surface area contributed by atoms with Gasteiger partial charge in [-0.3, -0.25) is 9.59 Å². The topological polar surface area (TPSA) is 106 Å². The average molecular weight is 294 g/mol. The Bertz CT molecular complexity index is 493. The highest BCUT2D eigenvalue weighted by atomic mass is 16.2. The van der Waals surface area contributed by atoms with E-state index in [-0.39, 0.29) is 18.4 Å². The van der Waals surface area contributed by atoms with Crippen LogP contribution >= 0.6 is 0 Å². The van der Waals surface area contributed by atoms with Gasteiger partial charge in [0.05, 0.1) is 11.9 Å². The number of hydrogen-bond acceptors (Lipinski definition) is 5. The van der Waals surface area contributed by atoms with Crippen molar-refractivity contribution in [3.63, 3.8) is 0 Å². The molecular formula is C13H22N6O2. The summed E-state index contributed by atoms with van der Waals surface area (Å²) in [6.45, 7) is 4.18. The molecule has 1 aromatic heterocycles. The van der Waals surface area contributed by atoms with Crippen molar-refractivity contribution in [3.8, 4) is 0 Å². The Morgan fingerprint density at radius 2 is 2.14 bits per heavy atom. The molecule has 0 spiro atoms. The Morgan fingerprint density at radius 1 is 1.43 bits per heavy atom. The zero-order valence-electron chi connectivity index (χ0n) is 12.3. The lowest BCUT2D eigenvalue weighted by molar-refractivity contribution is -0.133. The van der Waals surface area contributed by atoms with Crippen LogP contribution in [0, 0.1) is 5.92 Å². The fraction of sp³-hybridized carbons (Fsp3) is 0.692. The third-order valence-electron chi connectivity index (χ3n) is 3.70. The summed E-state index contributed by atoms with van der Waals surface area (Å²) in [6, 6.07) is 0. The fourth-order valence-corrected chi connectivity index (χ4v) is 2.42. The number of nitrogens with zero attached hydrogens (tertiary/aromatic N) is 4. The van der Waals surface area contributed by atoms with Crippen LogP contribution in [0.3, 0.4) is 0 Å². The minimum Gasteiger partial charge on any atom is -0.356 e. The quantitative estimate of drug-likeness (QED) is 0.733. The molecule has 1 aliphatic rings. The Hall–Kier alpha value is -1.96. The summed E-state index contributed by atoms with van der Waals surface area (Å²) in [4.78, 5) is 24.9. The highest BCUT2D eigenvalue weighted by Crippen LogP contribution is 2.16. The van der Waals surface area contributed by atoms with Gasteiger partial charge in [0.2, 0.25) is 11.8 Å². The van der Waals surface area contributed by atoms with E-state index in [0.717, 1.165) is 25.9 Å². The van der Waals surface area contributed by atoms with E-state index in [2.05, 4.69) is 15.6 Å². The SMILES string of the molecule is CC(=O)NCC1CCN(C(=O)Cn2cc(CN)nn2)CC1. The van der Waals surface area contributed by atoms with E-state index in [1.54, 1.807) is 6.20 Å². The molecule has 8 nitrogen and oxygen atoms in total. The monoisotopic (exact) mass is 294 g/mol. The molecular weight excluding hydrogens is 272 g/mol. The molecule has 2 amide bonds. The largest absolute Gasteiger partial charge is 0.356 e. The van der Waals surface area contributed by atoms with E-state index in [1.807, 2.05) is 4.90 Å². The number of carbonyl (C=O) groups is 2. The molecule has 0 bridgehead atoms. The predicted molar refractivity (Wildman–Crippen MR) is 75.9 cm³/mol. The standard InChI is InChI=1S/C13H22N6O2/c1-10(20)15-7-11-2-4-18(5-3-11)13(21)9-19-8-12(6-14)16-17-19/h8,11H,2-7,9,14H2,1H3,(H,15,20). The van der Waals surface area contributed by atoms with Gasteiger partial charge in [0.1, 0.15) is 6.54 Å². The smallest absolute Gasteiger partial charge is 0.244 e. The molecule has 1 aromatic rings. The van der Waals surface area contributed by atoms with Gasteiger partial charge in [-0.05, 0) is 18.8 Å². The summed E-state index contributed by atoms with van der Waals surface area (Å²) in [7, 11) is 0. The number of amides is 2. The Kier molecular flexibility index (Phi) is 5.26. The molecule has 0 atom stereocenters. The highest BCUT2D eigenvalue weighted by Gasteiger charge is 2.23. The molecule has 8 heteroatoms. The van der Waals surface area contributed by atoms with Crippen LogP contribution in [0.2, 0.25) is 0 Å². The summed E-state index contributed by atoms with van der Waals surface area (Å²) < 4.78 is 1.52. The summed E-state index contributed by atoms with van der Waals surface area (Å²) in [6.07, 6.45) is 3.52. The number of nitrogens with two attached hydrogens (primary N) is 1. The molecule has 0 aromatic carbocycles. The van der Waals surface area contributed by atoms with E-state index >= 15 is 0 Å². The van der Waals surface area contributed by atoms with Crippen LogP contribution in [-0.2, 0) is 22.7 Å². The lowest BCUT2D eigenvalue weighted by atomic mass is 9.97. The maximum Gasteiger partial charge on any atom is 0.244 e. The van der Waals surface area contributed by atoms with Crippen molar-refractivity contribution in [3.05, 3.63) is 11.9 Å². The first kappa shape index (κ1) is 15.4. The van der Waals surface area contributed by atoms with Crippen LogP contribution in [0.5, 0.6) is 0 Å². The maximum absolute atomic E-state index is 12.2. The van der Waals surface area contributed by atoms with E-state index in [4.69, 9.17) is 5.73 Å². The van der Waals surface area contributed by atoms with Crippen molar-refractivity contribution in [1.82, 2.24) is 25.2 Å². The van der Waals surface area contributed by atoms with Gasteiger partial charge in [-0.1, -0.05) is 5.21 Å². The maximum atomic E-state index is 12.2. The molecule has 0 aliphatic carbocycles. The molecule has 1 fully saturated rings. The van der Waals surface area contributed by atoms with Gasteiger partial charge in [0.25, 0.3) is 0 Å². The Labute approximate surface area is 123 Å². The minimum absolute atomic E-state index is 0.00426. The summed E-state index contributed by atoms with van der Waals surface area (Å²) in [5.41, 5.74) is 6.14. The number of carbonyl (C=O) groups excluding carboxylic acids is 2. The van der Waals surface area contributed by atoms with Gasteiger partial charge < -0.3 is 16.0 Å². The number of rotatable bonds is 5. The molecule has 1 aliphatic heterocycles. The lowest BCUT2D eigenvalue weighted by Crippen LogP contribution is -2.42. The van der Waals surface area contributed by atoms with Crippen molar-refractivity contribution in [2.45, 2.75) is 32.9 Å². The van der Waals surface area contributed by atoms with Gasteiger partial charge in [-0.25, -0.2) is 4.68 Å². The van der Waals surface area contributed by atoms with Crippen LogP contribution in [0.15, 0.2) is 6.20 Å². The Balaban J connectivity index is 1.76. The van der Waals surface area contributed by atoms with Gasteiger partial charge in [0.15, 0.2) is 0 Å². The first-order valence-corrected chi connectivity index (χ1v) is 7.19. The van der Waals surface area contributed by atoms with Crippen molar-refractivity contribution >= 4 is 11.8 Å². The fourth-order valence-electron chi connectivity index (χ4n) is 2.42. The summed E-state index contributed by atoms with van der Waals surface area (Å²) >= 11 is 0. The molecule has 1 saturated heterocycles. The van der Waals surface area contributed by atoms with Crippen molar-refractivity contribution < 1.29 is 9.59 Å². The van der Waals surface area contributed by atoms with Crippen molar-refractivity contribution in [2.24, 2.45) is 11.7 Å². The number of aromatic nitrogens is 3. The molecule has 2 heterocycles. The summed E-state index contributed by atoms with van der Waals surface area (Å²) in [5.74, 6) is 0.491. The summed E-state index contributed by atoms with van der Waals surface area (Å²) in [5, 5.41) is 10.6. The van der Waals surface area contributed by atoms with Crippen LogP contribution in [0.1, 0.15) is 25.5 Å². The van der Waals surface area contributed by atoms with E-state index in [1.165, 1.54) is 11.6 Å². The molecule has 0 saturated carbocycles. The van der Waals surface area contributed by atoms with Crippen LogP contribution < -0.4 is 11.1 Å². The van der Waals surface area contributed by atoms with Gasteiger partial charge in [0, 0.05) is 33.1 Å². The van der Waals surface area contributed by atoms with Gasteiger partial charge in [-0.15, -0.1) is 5.10 Å². The van der Waals surface area contributed by atoms with Crippen molar-refractivity contribution in [2.75, 3.05) is 19.6 Å². The third-order valence-corrected chi connectivity index (χ3v) is 3.70. The number of hydrogen-bond donors (Lipinski definition) is 2. The first-order chi connectivity index (χ1) is 10.1. The molecule has 2 rings (SSSR count). The molecule has 116 valence electrons. The average Bonchev–Trinajstić information content (AvgIpc) is 2.93. The lowest BCUT2D eigenvalue weighted by Gasteiger charge is -2.32.